The number of hydrogen-bond acceptors (Lipinski definition) is 3. The van der Waals surface area contributed by atoms with Gasteiger partial charge in [0.1, 0.15) is 4.90 Å². The molecule has 2 rings (SSSR count). The van der Waals surface area contributed by atoms with Crippen LogP contribution >= 0.6 is 11.6 Å². The predicted octanol–water partition coefficient (Wildman–Crippen LogP) is 2.23. The van der Waals surface area contributed by atoms with E-state index in [2.05, 4.69) is 4.72 Å². The Kier molecular flexibility index (Phi) is 4.20. The van der Waals surface area contributed by atoms with E-state index < -0.39 is 15.6 Å². The Bertz CT molecular complexity index is 565. The molecule has 2 N–H and O–H groups in total. The minimum Gasteiger partial charge on any atom is -0.389 e. The normalized spacial score (nSPS) is 18.7. The number of rotatable bonds is 4. The van der Waals surface area contributed by atoms with E-state index in [0.717, 1.165) is 12.8 Å². The molecule has 19 heavy (non-hydrogen) atoms. The Morgan fingerprint density at radius 3 is 2.63 bits per heavy atom. The van der Waals surface area contributed by atoms with Gasteiger partial charge in [0, 0.05) is 6.54 Å². The van der Waals surface area contributed by atoms with E-state index in [1.807, 2.05) is 0 Å². The van der Waals surface area contributed by atoms with Crippen molar-refractivity contribution in [2.75, 3.05) is 6.54 Å². The average molecular weight is 304 g/mol. The fraction of sp³-hybridized carbons (Fsp3) is 0.538. The average Bonchev–Trinajstić information content (AvgIpc) is 2.78. The van der Waals surface area contributed by atoms with Crippen LogP contribution in [0.15, 0.2) is 23.1 Å². The molecule has 0 unspecified atom stereocenters. The van der Waals surface area contributed by atoms with E-state index in [1.165, 1.54) is 6.07 Å². The Morgan fingerprint density at radius 1 is 1.37 bits per heavy atom. The first-order valence-corrected chi connectivity index (χ1v) is 8.17. The maximum atomic E-state index is 12.2. The fourth-order valence-electron chi connectivity index (χ4n) is 2.35. The summed E-state index contributed by atoms with van der Waals surface area (Å²) < 4.78 is 26.9. The number of hydrogen-bond donors (Lipinski definition) is 2. The highest BCUT2D eigenvalue weighted by Crippen LogP contribution is 2.30. The lowest BCUT2D eigenvalue weighted by molar-refractivity contribution is 0.0532. The third-order valence-corrected chi connectivity index (χ3v) is 5.63. The molecule has 4 nitrogen and oxygen atoms in total. The Hall–Kier alpha value is -0.620. The summed E-state index contributed by atoms with van der Waals surface area (Å²) in [6, 6.07) is 4.88. The summed E-state index contributed by atoms with van der Waals surface area (Å²) in [5.74, 6) is 0. The molecule has 0 spiro atoms. The van der Waals surface area contributed by atoms with E-state index in [1.54, 1.807) is 19.1 Å². The molecule has 0 bridgehead atoms. The molecule has 1 aromatic rings. The third kappa shape index (κ3) is 3.28. The van der Waals surface area contributed by atoms with Gasteiger partial charge in [-0.15, -0.1) is 0 Å². The van der Waals surface area contributed by atoms with Crippen molar-refractivity contribution >= 4 is 21.6 Å². The molecule has 0 aliphatic heterocycles. The van der Waals surface area contributed by atoms with Crippen LogP contribution in [0.25, 0.3) is 0 Å². The first-order valence-electron chi connectivity index (χ1n) is 6.31. The van der Waals surface area contributed by atoms with Crippen LogP contribution in [0.3, 0.4) is 0 Å². The second-order valence-corrected chi connectivity index (χ2v) is 7.26. The molecule has 0 atom stereocenters. The zero-order chi connectivity index (χ0) is 14.1. The molecule has 0 heterocycles. The standard InChI is InChI=1S/C13H18ClNO3S/c1-10-5-4-6-11(12(10)14)19(17,18)15-9-13(16)7-2-3-8-13/h4-6,15-16H,2-3,7-9H2,1H3. The Labute approximate surface area is 118 Å². The van der Waals surface area contributed by atoms with Crippen LogP contribution in [-0.2, 0) is 10.0 Å². The summed E-state index contributed by atoms with van der Waals surface area (Å²) in [5, 5.41) is 10.4. The van der Waals surface area contributed by atoms with Crippen LogP contribution in [-0.4, -0.2) is 25.7 Å². The highest BCUT2D eigenvalue weighted by Gasteiger charge is 2.32. The molecule has 1 fully saturated rings. The van der Waals surface area contributed by atoms with E-state index in [0.29, 0.717) is 18.4 Å². The van der Waals surface area contributed by atoms with Crippen molar-refractivity contribution in [1.29, 1.82) is 0 Å². The summed E-state index contributed by atoms with van der Waals surface area (Å²) in [5.41, 5.74) is -0.201. The molecular formula is C13H18ClNO3S. The summed E-state index contributed by atoms with van der Waals surface area (Å²) in [6.45, 7) is 1.80. The molecule has 0 aromatic heterocycles. The summed E-state index contributed by atoms with van der Waals surface area (Å²) >= 11 is 6.03. The molecular weight excluding hydrogens is 286 g/mol. The predicted molar refractivity (Wildman–Crippen MR) is 74.8 cm³/mol. The second-order valence-electron chi connectivity index (χ2n) is 5.14. The number of sulfonamides is 1. The zero-order valence-corrected chi connectivity index (χ0v) is 12.4. The van der Waals surface area contributed by atoms with Crippen LogP contribution in [0.2, 0.25) is 5.02 Å². The smallest absolute Gasteiger partial charge is 0.242 e. The van der Waals surface area contributed by atoms with E-state index in [9.17, 15) is 13.5 Å². The maximum Gasteiger partial charge on any atom is 0.242 e. The summed E-state index contributed by atoms with van der Waals surface area (Å²) in [6.07, 6.45) is 3.14. The van der Waals surface area contributed by atoms with Crippen molar-refractivity contribution in [3.63, 3.8) is 0 Å². The molecule has 1 aliphatic carbocycles. The van der Waals surface area contributed by atoms with Gasteiger partial charge in [-0.1, -0.05) is 36.6 Å². The van der Waals surface area contributed by atoms with Gasteiger partial charge in [-0.2, -0.15) is 0 Å². The molecule has 106 valence electrons. The van der Waals surface area contributed by atoms with Gasteiger partial charge in [0.15, 0.2) is 0 Å². The van der Waals surface area contributed by atoms with E-state index >= 15 is 0 Å². The monoisotopic (exact) mass is 303 g/mol. The number of halogens is 1. The van der Waals surface area contributed by atoms with Crippen LogP contribution < -0.4 is 4.72 Å². The van der Waals surface area contributed by atoms with Crippen LogP contribution in [0.1, 0.15) is 31.2 Å². The molecule has 0 radical (unpaired) electrons. The first kappa shape index (κ1) is 14.8. The van der Waals surface area contributed by atoms with E-state index in [-0.39, 0.29) is 16.5 Å². The number of aryl methyl sites for hydroxylation is 1. The van der Waals surface area contributed by atoms with Crippen molar-refractivity contribution in [3.8, 4) is 0 Å². The van der Waals surface area contributed by atoms with E-state index in [4.69, 9.17) is 11.6 Å². The number of nitrogens with one attached hydrogen (secondary N) is 1. The van der Waals surface area contributed by atoms with Gasteiger partial charge in [-0.05, 0) is 31.4 Å². The first-order chi connectivity index (χ1) is 8.84. The molecule has 0 saturated heterocycles. The molecule has 6 heteroatoms. The van der Waals surface area contributed by atoms with Crippen molar-refractivity contribution in [3.05, 3.63) is 28.8 Å². The van der Waals surface area contributed by atoms with Gasteiger partial charge in [0.05, 0.1) is 10.6 Å². The highest BCUT2D eigenvalue weighted by molar-refractivity contribution is 7.89. The topological polar surface area (TPSA) is 66.4 Å². The second kappa shape index (κ2) is 5.40. The molecule has 1 aliphatic rings. The van der Waals surface area contributed by atoms with Crippen molar-refractivity contribution < 1.29 is 13.5 Å². The fourth-order valence-corrected chi connectivity index (χ4v) is 4.04. The SMILES string of the molecule is Cc1cccc(S(=O)(=O)NCC2(O)CCCC2)c1Cl. The third-order valence-electron chi connectivity index (χ3n) is 3.57. The Balaban J connectivity index is 2.16. The van der Waals surface area contributed by atoms with Gasteiger partial charge < -0.3 is 5.11 Å². The summed E-state index contributed by atoms with van der Waals surface area (Å²) in [4.78, 5) is 0.0655. The van der Waals surface area contributed by atoms with Crippen molar-refractivity contribution in [2.24, 2.45) is 0 Å². The zero-order valence-electron chi connectivity index (χ0n) is 10.8. The molecule has 1 aromatic carbocycles. The lowest BCUT2D eigenvalue weighted by Gasteiger charge is -2.22. The van der Waals surface area contributed by atoms with Gasteiger partial charge >= 0.3 is 0 Å². The molecule has 1 saturated carbocycles. The van der Waals surface area contributed by atoms with Crippen LogP contribution in [0.4, 0.5) is 0 Å². The molecule has 0 amide bonds. The highest BCUT2D eigenvalue weighted by atomic mass is 35.5. The largest absolute Gasteiger partial charge is 0.389 e. The van der Waals surface area contributed by atoms with Crippen molar-refractivity contribution in [2.45, 2.75) is 43.1 Å². The number of aliphatic hydroxyl groups is 1. The van der Waals surface area contributed by atoms with Crippen LogP contribution in [0.5, 0.6) is 0 Å². The lowest BCUT2D eigenvalue weighted by atomic mass is 10.0. The van der Waals surface area contributed by atoms with Gasteiger partial charge in [0.2, 0.25) is 10.0 Å². The van der Waals surface area contributed by atoms with Gasteiger partial charge in [0.25, 0.3) is 0 Å². The minimum atomic E-state index is -3.68. The quantitative estimate of drug-likeness (QED) is 0.896. The van der Waals surface area contributed by atoms with Gasteiger partial charge in [-0.3, -0.25) is 0 Å². The minimum absolute atomic E-state index is 0.0413. The Morgan fingerprint density at radius 2 is 2.00 bits per heavy atom. The number of benzene rings is 1. The summed E-state index contributed by atoms with van der Waals surface area (Å²) in [7, 11) is -3.68. The maximum absolute atomic E-state index is 12.2. The lowest BCUT2D eigenvalue weighted by Crippen LogP contribution is -2.40. The van der Waals surface area contributed by atoms with Gasteiger partial charge in [-0.25, -0.2) is 13.1 Å². The van der Waals surface area contributed by atoms with Crippen LogP contribution in [0, 0.1) is 6.92 Å². The van der Waals surface area contributed by atoms with Crippen molar-refractivity contribution in [1.82, 2.24) is 4.72 Å².